The second-order valence-corrected chi connectivity index (χ2v) is 4.22. The van der Waals surface area contributed by atoms with Gasteiger partial charge in [0, 0.05) is 32.5 Å². The van der Waals surface area contributed by atoms with Gasteiger partial charge in [0.2, 0.25) is 0 Å². The van der Waals surface area contributed by atoms with Crippen LogP contribution in [0.3, 0.4) is 0 Å². The lowest BCUT2D eigenvalue weighted by molar-refractivity contribution is -0.138. The van der Waals surface area contributed by atoms with Gasteiger partial charge in [-0.2, -0.15) is 13.2 Å². The molecule has 0 aliphatic carbocycles. The van der Waals surface area contributed by atoms with Gasteiger partial charge in [0.15, 0.2) is 5.96 Å². The van der Waals surface area contributed by atoms with Crippen molar-refractivity contribution < 1.29 is 13.2 Å². The van der Waals surface area contributed by atoms with Crippen LogP contribution in [-0.2, 0) is 12.7 Å². The van der Waals surface area contributed by atoms with E-state index < -0.39 is 11.7 Å². The zero-order chi connectivity index (χ0) is 13.9. The molecule has 8 heteroatoms. The van der Waals surface area contributed by atoms with E-state index in [4.69, 9.17) is 0 Å². The van der Waals surface area contributed by atoms with Crippen LogP contribution in [0.25, 0.3) is 0 Å². The molecule has 0 saturated heterocycles. The Morgan fingerprint density at radius 1 is 1.32 bits per heavy atom. The van der Waals surface area contributed by atoms with E-state index in [-0.39, 0.29) is 6.54 Å². The van der Waals surface area contributed by atoms with Crippen molar-refractivity contribution in [3.8, 4) is 0 Å². The average molecular weight is 273 g/mol. The number of hydrogen-bond acceptors (Lipinski definition) is 5. The highest BCUT2D eigenvalue weighted by atomic mass is 19.4. The molecule has 0 atom stereocenters. The van der Waals surface area contributed by atoms with E-state index in [1.165, 1.54) is 0 Å². The Hall–Kier alpha value is -1.86. The van der Waals surface area contributed by atoms with Gasteiger partial charge in [-0.05, 0) is 6.42 Å². The van der Waals surface area contributed by atoms with Crippen LogP contribution in [0.15, 0.2) is 17.4 Å². The summed E-state index contributed by atoms with van der Waals surface area (Å²) in [5.74, 6) is 1.02. The molecule has 0 aromatic carbocycles. The Morgan fingerprint density at radius 3 is 2.58 bits per heavy atom. The van der Waals surface area contributed by atoms with Crippen LogP contribution in [0.1, 0.15) is 17.8 Å². The molecule has 2 heterocycles. The molecule has 19 heavy (non-hydrogen) atoms. The number of halogens is 3. The van der Waals surface area contributed by atoms with Gasteiger partial charge in [-0.1, -0.05) is 0 Å². The fourth-order valence-corrected chi connectivity index (χ4v) is 1.66. The highest BCUT2D eigenvalue weighted by Gasteiger charge is 2.31. The SMILES string of the molecule is CN1CCCN=C1NCc1ncc(C(F)(F)F)cn1. The zero-order valence-electron chi connectivity index (χ0n) is 10.4. The second kappa shape index (κ2) is 5.41. The third-order valence-corrected chi connectivity index (χ3v) is 2.71. The number of rotatable bonds is 2. The number of aromatic nitrogens is 2. The topological polar surface area (TPSA) is 53.4 Å². The van der Waals surface area contributed by atoms with Crippen molar-refractivity contribution in [2.24, 2.45) is 4.99 Å². The van der Waals surface area contributed by atoms with E-state index >= 15 is 0 Å². The van der Waals surface area contributed by atoms with E-state index in [0.717, 1.165) is 37.9 Å². The van der Waals surface area contributed by atoms with Crippen molar-refractivity contribution in [1.29, 1.82) is 0 Å². The number of nitrogens with zero attached hydrogens (tertiary/aromatic N) is 4. The lowest BCUT2D eigenvalue weighted by Crippen LogP contribution is -2.42. The molecule has 5 nitrogen and oxygen atoms in total. The molecule has 1 aromatic rings. The third-order valence-electron chi connectivity index (χ3n) is 2.71. The highest BCUT2D eigenvalue weighted by molar-refractivity contribution is 5.80. The standard InChI is InChI=1S/C11H14F3N5/c1-19-4-2-3-15-10(19)18-7-9-16-5-8(6-17-9)11(12,13)14/h5-6H,2-4,7H2,1H3,(H,15,18). The van der Waals surface area contributed by atoms with Crippen molar-refractivity contribution in [2.45, 2.75) is 19.1 Å². The molecule has 0 saturated carbocycles. The minimum Gasteiger partial charge on any atom is -0.349 e. The van der Waals surface area contributed by atoms with Crippen molar-refractivity contribution in [3.63, 3.8) is 0 Å². The van der Waals surface area contributed by atoms with Crippen molar-refractivity contribution >= 4 is 5.96 Å². The summed E-state index contributed by atoms with van der Waals surface area (Å²) < 4.78 is 37.0. The predicted octanol–water partition coefficient (Wildman–Crippen LogP) is 1.28. The van der Waals surface area contributed by atoms with Gasteiger partial charge in [0.05, 0.1) is 12.1 Å². The van der Waals surface area contributed by atoms with E-state index in [2.05, 4.69) is 20.3 Å². The summed E-state index contributed by atoms with van der Waals surface area (Å²) in [7, 11) is 1.90. The highest BCUT2D eigenvalue weighted by Crippen LogP contribution is 2.27. The fourth-order valence-electron chi connectivity index (χ4n) is 1.66. The first-order valence-electron chi connectivity index (χ1n) is 5.84. The van der Waals surface area contributed by atoms with Crippen LogP contribution in [0.2, 0.25) is 0 Å². The normalized spacial score (nSPS) is 16.2. The molecule has 0 fully saturated rings. The van der Waals surface area contributed by atoms with Gasteiger partial charge in [-0.25, -0.2) is 9.97 Å². The lowest BCUT2D eigenvalue weighted by Gasteiger charge is -2.25. The minimum atomic E-state index is -4.40. The summed E-state index contributed by atoms with van der Waals surface area (Å²) in [5, 5.41) is 3.02. The van der Waals surface area contributed by atoms with E-state index in [0.29, 0.717) is 5.82 Å². The fraction of sp³-hybridized carbons (Fsp3) is 0.545. The molecule has 0 amide bonds. The molecule has 0 bridgehead atoms. The maximum absolute atomic E-state index is 12.3. The summed E-state index contributed by atoms with van der Waals surface area (Å²) in [5.41, 5.74) is -0.844. The van der Waals surface area contributed by atoms with Gasteiger partial charge in [0.25, 0.3) is 0 Å². The van der Waals surface area contributed by atoms with Crippen molar-refractivity contribution in [3.05, 3.63) is 23.8 Å². The molecule has 1 aliphatic rings. The number of nitrogens with one attached hydrogen (secondary N) is 1. The molecule has 1 N–H and O–H groups in total. The van der Waals surface area contributed by atoms with E-state index in [9.17, 15) is 13.2 Å². The smallest absolute Gasteiger partial charge is 0.349 e. The van der Waals surface area contributed by atoms with Crippen LogP contribution in [0, 0.1) is 0 Å². The van der Waals surface area contributed by atoms with Crippen LogP contribution in [-0.4, -0.2) is 41.0 Å². The number of aliphatic imine (C=N–C) groups is 1. The number of guanidine groups is 1. The van der Waals surface area contributed by atoms with Gasteiger partial charge in [-0.15, -0.1) is 0 Å². The average Bonchev–Trinajstić information content (AvgIpc) is 2.37. The molecule has 2 rings (SSSR count). The zero-order valence-corrected chi connectivity index (χ0v) is 10.4. The monoisotopic (exact) mass is 273 g/mol. The molecule has 104 valence electrons. The van der Waals surface area contributed by atoms with Gasteiger partial charge < -0.3 is 10.2 Å². The van der Waals surface area contributed by atoms with Crippen LogP contribution in [0.4, 0.5) is 13.2 Å². The first-order chi connectivity index (χ1) is 8.97. The summed E-state index contributed by atoms with van der Waals surface area (Å²) in [6, 6.07) is 0. The third kappa shape index (κ3) is 3.55. The Morgan fingerprint density at radius 2 is 2.00 bits per heavy atom. The van der Waals surface area contributed by atoms with Gasteiger partial charge >= 0.3 is 6.18 Å². The molecule has 0 unspecified atom stereocenters. The van der Waals surface area contributed by atoms with Gasteiger partial charge in [-0.3, -0.25) is 4.99 Å². The quantitative estimate of drug-likeness (QED) is 0.882. The van der Waals surface area contributed by atoms with Crippen LogP contribution >= 0.6 is 0 Å². The summed E-state index contributed by atoms with van der Waals surface area (Å²) in [6.07, 6.45) is -1.83. The molecule has 0 radical (unpaired) electrons. The van der Waals surface area contributed by atoms with Crippen LogP contribution < -0.4 is 5.32 Å². The molecule has 1 aromatic heterocycles. The molecular weight excluding hydrogens is 259 g/mol. The summed E-state index contributed by atoms with van der Waals surface area (Å²) in [6.45, 7) is 1.90. The lowest BCUT2D eigenvalue weighted by atomic mass is 10.3. The molecule has 0 spiro atoms. The maximum Gasteiger partial charge on any atom is 0.419 e. The summed E-state index contributed by atoms with van der Waals surface area (Å²) >= 11 is 0. The Kier molecular flexibility index (Phi) is 3.87. The molecular formula is C11H14F3N5. The van der Waals surface area contributed by atoms with E-state index in [1.54, 1.807) is 0 Å². The van der Waals surface area contributed by atoms with E-state index in [1.807, 2.05) is 11.9 Å². The van der Waals surface area contributed by atoms with Gasteiger partial charge in [0.1, 0.15) is 5.82 Å². The second-order valence-electron chi connectivity index (χ2n) is 4.22. The molecule has 1 aliphatic heterocycles. The Labute approximate surface area is 108 Å². The van der Waals surface area contributed by atoms with Crippen LogP contribution in [0.5, 0.6) is 0 Å². The number of alkyl halides is 3. The van der Waals surface area contributed by atoms with Crippen molar-refractivity contribution in [2.75, 3.05) is 20.1 Å². The first-order valence-corrected chi connectivity index (χ1v) is 5.84. The Balaban J connectivity index is 1.95. The van der Waals surface area contributed by atoms with Crippen molar-refractivity contribution in [1.82, 2.24) is 20.2 Å². The summed E-state index contributed by atoms with van der Waals surface area (Å²) in [4.78, 5) is 13.6. The largest absolute Gasteiger partial charge is 0.419 e. The Bertz CT molecular complexity index is 454. The maximum atomic E-state index is 12.3. The number of hydrogen-bond donors (Lipinski definition) is 1. The first kappa shape index (κ1) is 13.6. The predicted molar refractivity (Wildman–Crippen MR) is 63.4 cm³/mol. The minimum absolute atomic E-state index is 0.251.